The van der Waals surface area contributed by atoms with Crippen LogP contribution >= 0.6 is 0 Å². The lowest BCUT2D eigenvalue weighted by Crippen LogP contribution is -2.16. The highest BCUT2D eigenvalue weighted by molar-refractivity contribution is 6.07. The Labute approximate surface area is 193 Å². The van der Waals surface area contributed by atoms with Gasteiger partial charge in [0.15, 0.2) is 5.78 Å². The molecule has 0 radical (unpaired) electrons. The van der Waals surface area contributed by atoms with Gasteiger partial charge in [-0.2, -0.15) is 0 Å². The average molecular weight is 439 g/mol. The number of ketones is 1. The van der Waals surface area contributed by atoms with Crippen LogP contribution in [0.2, 0.25) is 0 Å². The molecular weight excluding hydrogens is 400 g/mol. The lowest BCUT2D eigenvalue weighted by molar-refractivity contribution is 0.104. The van der Waals surface area contributed by atoms with Gasteiger partial charge in [0, 0.05) is 17.2 Å². The Bertz CT molecular complexity index is 889. The van der Waals surface area contributed by atoms with E-state index in [1.807, 2.05) is 18.2 Å². The average Bonchev–Trinajstić information content (AvgIpc) is 2.77. The van der Waals surface area contributed by atoms with Gasteiger partial charge in [-0.15, -0.1) is 0 Å². The molecule has 174 valence electrons. The molecule has 0 aliphatic carbocycles. The second kappa shape index (κ2) is 12.3. The zero-order valence-corrected chi connectivity index (χ0v) is 20.5. The SMILES string of the molecule is CCCCOc1cc(/C=C/C(=O)c2ccc(OC)cc2)c(C(C)(C)C)c(OCCCC)c1. The second-order valence-electron chi connectivity index (χ2n) is 8.97. The number of rotatable bonds is 12. The number of hydrogen-bond donors (Lipinski definition) is 0. The van der Waals surface area contributed by atoms with Crippen LogP contribution in [0.4, 0.5) is 0 Å². The van der Waals surface area contributed by atoms with E-state index in [1.165, 1.54) is 0 Å². The van der Waals surface area contributed by atoms with Gasteiger partial charge in [-0.05, 0) is 60.2 Å². The maximum atomic E-state index is 12.8. The van der Waals surface area contributed by atoms with E-state index in [-0.39, 0.29) is 11.2 Å². The molecule has 0 fully saturated rings. The van der Waals surface area contributed by atoms with Crippen molar-refractivity contribution in [1.29, 1.82) is 0 Å². The monoisotopic (exact) mass is 438 g/mol. The van der Waals surface area contributed by atoms with Crippen LogP contribution in [-0.2, 0) is 5.41 Å². The van der Waals surface area contributed by atoms with E-state index >= 15 is 0 Å². The standard InChI is InChI=1S/C28H38O4/c1-7-9-17-31-24-19-22(13-16-25(29)21-11-14-23(30-6)15-12-21)27(28(3,4)5)26(20-24)32-18-10-8-2/h11-16,19-20H,7-10,17-18H2,1-6H3/b16-13+. The Morgan fingerprint density at radius 3 is 2.09 bits per heavy atom. The molecule has 0 heterocycles. The summed E-state index contributed by atoms with van der Waals surface area (Å²) in [7, 11) is 1.61. The predicted molar refractivity (Wildman–Crippen MR) is 132 cm³/mol. The van der Waals surface area contributed by atoms with Crippen LogP contribution in [0.5, 0.6) is 17.2 Å². The van der Waals surface area contributed by atoms with Crippen molar-refractivity contribution in [2.45, 2.75) is 65.7 Å². The smallest absolute Gasteiger partial charge is 0.185 e. The first kappa shape index (κ1) is 25.5. The first-order valence-electron chi connectivity index (χ1n) is 11.6. The molecule has 0 atom stereocenters. The van der Waals surface area contributed by atoms with Gasteiger partial charge in [-0.1, -0.05) is 53.5 Å². The molecule has 2 rings (SSSR count). The van der Waals surface area contributed by atoms with E-state index in [1.54, 1.807) is 37.5 Å². The Balaban J connectivity index is 2.43. The van der Waals surface area contributed by atoms with E-state index in [0.29, 0.717) is 18.8 Å². The van der Waals surface area contributed by atoms with Crippen LogP contribution in [0, 0.1) is 0 Å². The highest BCUT2D eigenvalue weighted by atomic mass is 16.5. The third-order valence-electron chi connectivity index (χ3n) is 5.17. The van der Waals surface area contributed by atoms with E-state index in [0.717, 1.165) is 54.1 Å². The number of methoxy groups -OCH3 is 1. The molecule has 0 N–H and O–H groups in total. The third kappa shape index (κ3) is 7.44. The van der Waals surface area contributed by atoms with Gasteiger partial charge in [0.25, 0.3) is 0 Å². The van der Waals surface area contributed by atoms with Crippen molar-refractivity contribution in [2.24, 2.45) is 0 Å². The number of carbonyl (C=O) groups excluding carboxylic acids is 1. The third-order valence-corrected chi connectivity index (χ3v) is 5.17. The Kier molecular flexibility index (Phi) is 9.83. The maximum Gasteiger partial charge on any atom is 0.185 e. The van der Waals surface area contributed by atoms with E-state index in [2.05, 4.69) is 34.6 Å². The first-order chi connectivity index (χ1) is 15.3. The number of unbranched alkanes of at least 4 members (excludes halogenated alkanes) is 2. The largest absolute Gasteiger partial charge is 0.497 e. The molecule has 0 spiro atoms. The molecule has 0 saturated heterocycles. The van der Waals surface area contributed by atoms with Crippen LogP contribution in [0.25, 0.3) is 6.08 Å². The summed E-state index contributed by atoms with van der Waals surface area (Å²) in [6, 6.07) is 11.2. The van der Waals surface area contributed by atoms with Gasteiger partial charge in [-0.3, -0.25) is 4.79 Å². The number of ether oxygens (including phenoxy) is 3. The molecule has 0 aliphatic rings. The van der Waals surface area contributed by atoms with Gasteiger partial charge in [-0.25, -0.2) is 0 Å². The normalized spacial score (nSPS) is 11.6. The van der Waals surface area contributed by atoms with Crippen LogP contribution in [-0.4, -0.2) is 26.1 Å². The summed E-state index contributed by atoms with van der Waals surface area (Å²) >= 11 is 0. The summed E-state index contributed by atoms with van der Waals surface area (Å²) in [5.74, 6) is 2.27. The molecule has 2 aromatic rings. The van der Waals surface area contributed by atoms with E-state index in [4.69, 9.17) is 14.2 Å². The summed E-state index contributed by atoms with van der Waals surface area (Å²) in [5.41, 5.74) is 2.48. The van der Waals surface area contributed by atoms with Crippen LogP contribution < -0.4 is 14.2 Å². The topological polar surface area (TPSA) is 44.8 Å². The minimum atomic E-state index is -0.160. The molecule has 0 amide bonds. The minimum absolute atomic E-state index is 0.0572. The van der Waals surface area contributed by atoms with E-state index in [9.17, 15) is 4.79 Å². The summed E-state index contributed by atoms with van der Waals surface area (Å²) in [6.07, 6.45) is 7.63. The molecule has 0 bridgehead atoms. The summed E-state index contributed by atoms with van der Waals surface area (Å²) in [6.45, 7) is 12.1. The van der Waals surface area contributed by atoms with Crippen LogP contribution in [0.15, 0.2) is 42.5 Å². The molecule has 4 heteroatoms. The van der Waals surface area contributed by atoms with E-state index < -0.39 is 0 Å². The van der Waals surface area contributed by atoms with Crippen molar-refractivity contribution in [1.82, 2.24) is 0 Å². The zero-order valence-electron chi connectivity index (χ0n) is 20.5. The van der Waals surface area contributed by atoms with Crippen LogP contribution in [0.3, 0.4) is 0 Å². The predicted octanol–water partition coefficient (Wildman–Crippen LogP) is 7.25. The fourth-order valence-electron chi connectivity index (χ4n) is 3.42. The van der Waals surface area contributed by atoms with Crippen molar-refractivity contribution in [3.8, 4) is 17.2 Å². The summed E-state index contributed by atoms with van der Waals surface area (Å²) < 4.78 is 17.4. The Morgan fingerprint density at radius 1 is 0.906 bits per heavy atom. The zero-order chi connectivity index (χ0) is 23.6. The highest BCUT2D eigenvalue weighted by Crippen LogP contribution is 2.38. The fraction of sp³-hybridized carbons (Fsp3) is 0.464. The van der Waals surface area contributed by atoms with Crippen molar-refractivity contribution >= 4 is 11.9 Å². The van der Waals surface area contributed by atoms with Gasteiger partial charge in [0.05, 0.1) is 20.3 Å². The fourth-order valence-corrected chi connectivity index (χ4v) is 3.42. The summed E-state index contributed by atoms with van der Waals surface area (Å²) in [4.78, 5) is 12.8. The minimum Gasteiger partial charge on any atom is -0.497 e. The first-order valence-corrected chi connectivity index (χ1v) is 11.6. The van der Waals surface area contributed by atoms with Gasteiger partial charge in [0.2, 0.25) is 0 Å². The molecule has 0 aliphatic heterocycles. The number of benzene rings is 2. The lowest BCUT2D eigenvalue weighted by atomic mass is 9.82. The molecule has 0 saturated carbocycles. The van der Waals surface area contributed by atoms with Crippen molar-refractivity contribution < 1.29 is 19.0 Å². The Hall–Kier alpha value is -2.75. The van der Waals surface area contributed by atoms with Gasteiger partial charge < -0.3 is 14.2 Å². The van der Waals surface area contributed by atoms with Crippen molar-refractivity contribution in [2.75, 3.05) is 20.3 Å². The number of hydrogen-bond acceptors (Lipinski definition) is 4. The Morgan fingerprint density at radius 2 is 1.53 bits per heavy atom. The highest BCUT2D eigenvalue weighted by Gasteiger charge is 2.24. The molecule has 0 unspecified atom stereocenters. The molecule has 2 aromatic carbocycles. The second-order valence-corrected chi connectivity index (χ2v) is 8.97. The molecule has 0 aromatic heterocycles. The van der Waals surface area contributed by atoms with Crippen LogP contribution in [0.1, 0.15) is 81.8 Å². The number of carbonyl (C=O) groups is 1. The lowest BCUT2D eigenvalue weighted by Gasteiger charge is -2.26. The van der Waals surface area contributed by atoms with Crippen molar-refractivity contribution in [3.05, 3.63) is 59.2 Å². The molecule has 4 nitrogen and oxygen atoms in total. The molecule has 32 heavy (non-hydrogen) atoms. The maximum absolute atomic E-state index is 12.8. The number of allylic oxidation sites excluding steroid dienone is 1. The summed E-state index contributed by atoms with van der Waals surface area (Å²) in [5, 5.41) is 0. The molecular formula is C28H38O4. The quantitative estimate of drug-likeness (QED) is 0.199. The van der Waals surface area contributed by atoms with Gasteiger partial charge >= 0.3 is 0 Å². The van der Waals surface area contributed by atoms with Crippen molar-refractivity contribution in [3.63, 3.8) is 0 Å². The van der Waals surface area contributed by atoms with Gasteiger partial charge in [0.1, 0.15) is 17.2 Å².